The van der Waals surface area contributed by atoms with E-state index in [0.29, 0.717) is 0 Å². The second kappa shape index (κ2) is 10.5. The zero-order valence-electron chi connectivity index (χ0n) is 24.8. The number of hydrogen-bond donors (Lipinski definition) is 0. The third kappa shape index (κ3) is 4.71. The third-order valence-corrected chi connectivity index (χ3v) is 10.4. The molecule has 44 heavy (non-hydrogen) atoms. The molecule has 0 unspecified atom stereocenters. The maximum Gasteiger partial charge on any atom is 0.182 e. The van der Waals surface area contributed by atoms with E-state index in [-0.39, 0.29) is 5.41 Å². The fourth-order valence-corrected chi connectivity index (χ4v) is 8.09. The first-order valence-corrected chi connectivity index (χ1v) is 16.5. The van der Waals surface area contributed by atoms with Crippen molar-refractivity contribution in [1.29, 1.82) is 0 Å². The predicted molar refractivity (Wildman–Crippen MR) is 188 cm³/mol. The van der Waals surface area contributed by atoms with Crippen LogP contribution < -0.4 is 14.5 Å². The van der Waals surface area contributed by atoms with Gasteiger partial charge in [0.1, 0.15) is 12.4 Å². The summed E-state index contributed by atoms with van der Waals surface area (Å²) in [6.07, 6.45) is 1.93. The molecule has 216 valence electrons. The van der Waals surface area contributed by atoms with Crippen LogP contribution in [0.3, 0.4) is 0 Å². The van der Waals surface area contributed by atoms with Crippen LogP contribution >= 0.6 is 22.7 Å². The molecule has 1 aliphatic heterocycles. The minimum Gasteiger partial charge on any atom is -0.447 e. The molecule has 0 spiro atoms. The van der Waals surface area contributed by atoms with Crippen molar-refractivity contribution in [1.82, 2.24) is 4.98 Å². The van der Waals surface area contributed by atoms with Gasteiger partial charge in [0.05, 0.1) is 26.5 Å². The van der Waals surface area contributed by atoms with Crippen LogP contribution in [0.5, 0.6) is 10.8 Å². The summed E-state index contributed by atoms with van der Waals surface area (Å²) >= 11 is 3.49. The van der Waals surface area contributed by atoms with Gasteiger partial charge in [0.2, 0.25) is 0 Å². The van der Waals surface area contributed by atoms with Gasteiger partial charge in [-0.1, -0.05) is 68.5 Å². The number of rotatable bonds is 5. The molecule has 6 heteroatoms. The minimum absolute atomic E-state index is 0.0468. The first kappa shape index (κ1) is 26.9. The Hall–Kier alpha value is -4.65. The smallest absolute Gasteiger partial charge is 0.182 e. The summed E-state index contributed by atoms with van der Waals surface area (Å²) in [6.45, 7) is 7.47. The zero-order chi connectivity index (χ0) is 29.8. The Morgan fingerprint density at radius 2 is 1.48 bits per heavy atom. The molecule has 0 N–H and O–H groups in total. The number of aromatic nitrogens is 1. The van der Waals surface area contributed by atoms with Gasteiger partial charge in [0, 0.05) is 40.7 Å². The van der Waals surface area contributed by atoms with Gasteiger partial charge in [-0.25, -0.2) is 0 Å². The monoisotopic (exact) mass is 609 g/mol. The molecular weight excluding hydrogens is 579 g/mol. The number of para-hydroxylation sites is 3. The number of pyridine rings is 1. The Kier molecular flexibility index (Phi) is 6.43. The lowest BCUT2D eigenvalue weighted by Gasteiger charge is -2.22. The van der Waals surface area contributed by atoms with Crippen LogP contribution in [-0.4, -0.2) is 11.7 Å². The number of anilines is 4. The molecule has 7 aromatic rings. The highest BCUT2D eigenvalue weighted by atomic mass is 32.1. The van der Waals surface area contributed by atoms with Gasteiger partial charge in [0.25, 0.3) is 0 Å². The van der Waals surface area contributed by atoms with E-state index in [1.165, 1.54) is 42.8 Å². The quantitative estimate of drug-likeness (QED) is 0.194. The van der Waals surface area contributed by atoms with Crippen molar-refractivity contribution < 1.29 is 4.74 Å². The van der Waals surface area contributed by atoms with Crippen molar-refractivity contribution in [2.45, 2.75) is 26.2 Å². The van der Waals surface area contributed by atoms with E-state index < -0.39 is 0 Å². The molecule has 0 saturated heterocycles. The molecule has 0 radical (unpaired) electrons. The highest BCUT2D eigenvalue weighted by molar-refractivity contribution is 7.27. The Morgan fingerprint density at radius 1 is 0.727 bits per heavy atom. The summed E-state index contributed by atoms with van der Waals surface area (Å²) < 4.78 is 9.15. The highest BCUT2D eigenvalue weighted by Crippen LogP contribution is 2.47. The van der Waals surface area contributed by atoms with E-state index in [4.69, 9.17) is 9.72 Å². The van der Waals surface area contributed by atoms with Gasteiger partial charge < -0.3 is 14.5 Å². The van der Waals surface area contributed by atoms with Crippen molar-refractivity contribution in [3.63, 3.8) is 0 Å². The lowest BCUT2D eigenvalue weighted by Crippen LogP contribution is -2.23. The second-order valence-corrected chi connectivity index (χ2v) is 14.1. The van der Waals surface area contributed by atoms with E-state index in [0.717, 1.165) is 34.4 Å². The van der Waals surface area contributed by atoms with E-state index in [9.17, 15) is 0 Å². The van der Waals surface area contributed by atoms with E-state index in [1.54, 1.807) is 22.7 Å². The number of ether oxygens (including phenoxy) is 1. The molecule has 8 rings (SSSR count). The zero-order valence-corrected chi connectivity index (χ0v) is 26.5. The topological polar surface area (TPSA) is 28.6 Å². The Bertz CT molecular complexity index is 2140. The Balaban J connectivity index is 1.16. The lowest BCUT2D eigenvalue weighted by atomic mass is 9.86. The maximum absolute atomic E-state index is 6.62. The first-order valence-electron chi connectivity index (χ1n) is 14.8. The molecule has 0 amide bonds. The van der Waals surface area contributed by atoms with Gasteiger partial charge in [-0.2, -0.15) is 0 Å². The highest BCUT2D eigenvalue weighted by Gasteiger charge is 2.28. The molecule has 0 aliphatic carbocycles. The van der Waals surface area contributed by atoms with E-state index in [2.05, 4.69) is 139 Å². The van der Waals surface area contributed by atoms with Gasteiger partial charge >= 0.3 is 0 Å². The fraction of sp³-hybridized carbons (Fsp3) is 0.132. The van der Waals surface area contributed by atoms with Crippen LogP contribution in [0, 0.1) is 0 Å². The molecule has 4 nitrogen and oxygen atoms in total. The van der Waals surface area contributed by atoms with Crippen LogP contribution in [0.4, 0.5) is 22.7 Å². The summed E-state index contributed by atoms with van der Waals surface area (Å²) in [7, 11) is 0. The molecule has 1 aliphatic rings. The number of nitrogens with zero attached hydrogens (tertiary/aromatic N) is 3. The first-order chi connectivity index (χ1) is 21.4. The normalized spacial score (nSPS) is 13.2. The summed E-state index contributed by atoms with van der Waals surface area (Å²) in [6, 6.07) is 38.6. The molecule has 0 fully saturated rings. The number of hydrogen-bond acceptors (Lipinski definition) is 6. The van der Waals surface area contributed by atoms with Crippen molar-refractivity contribution >= 4 is 65.6 Å². The average molecular weight is 610 g/mol. The molecule has 0 saturated carbocycles. The standard InChI is InChI=1S/C38H31N3OS2/c1-38(2,3)26-16-18-39-32(21-26)30-20-25-17-19-43-36(25)37-31(30)23-35(44-37)42-29-13-9-12-28(22-29)41-24-40(27-10-5-4-6-11-27)33-14-7-8-15-34(33)41/h4-23H,24H2,1-3H3. The van der Waals surface area contributed by atoms with E-state index >= 15 is 0 Å². The lowest BCUT2D eigenvalue weighted by molar-refractivity contribution is 0.497. The van der Waals surface area contributed by atoms with Crippen LogP contribution in [0.15, 0.2) is 121 Å². The number of thiophene rings is 2. The van der Waals surface area contributed by atoms with Crippen LogP contribution in [0.2, 0.25) is 0 Å². The maximum atomic E-state index is 6.62. The van der Waals surface area contributed by atoms with Crippen LogP contribution in [-0.2, 0) is 5.41 Å². The largest absolute Gasteiger partial charge is 0.447 e. The van der Waals surface area contributed by atoms with Crippen LogP contribution in [0.1, 0.15) is 26.3 Å². The molecule has 3 aromatic heterocycles. The summed E-state index contributed by atoms with van der Waals surface area (Å²) in [5, 5.41) is 5.47. The van der Waals surface area contributed by atoms with Gasteiger partial charge in [-0.15, -0.1) is 11.3 Å². The molecule has 4 heterocycles. The number of benzene rings is 4. The van der Waals surface area contributed by atoms with Crippen molar-refractivity contribution in [3.05, 3.63) is 126 Å². The summed E-state index contributed by atoms with van der Waals surface area (Å²) in [5.41, 5.74) is 8.13. The molecule has 0 bridgehead atoms. The van der Waals surface area contributed by atoms with Crippen LogP contribution in [0.25, 0.3) is 31.4 Å². The summed E-state index contributed by atoms with van der Waals surface area (Å²) in [4.78, 5) is 9.52. The molecule has 0 atom stereocenters. The van der Waals surface area contributed by atoms with Gasteiger partial charge in [-0.3, -0.25) is 4.98 Å². The predicted octanol–water partition coefficient (Wildman–Crippen LogP) is 11.5. The van der Waals surface area contributed by atoms with Gasteiger partial charge in [0.15, 0.2) is 5.06 Å². The Labute approximate surface area is 265 Å². The molecular formula is C38H31N3OS2. The minimum atomic E-state index is 0.0468. The van der Waals surface area contributed by atoms with Gasteiger partial charge in [-0.05, 0) is 82.4 Å². The SMILES string of the molecule is CC(C)(C)c1ccnc(-c2cc3ccsc3c3sc(Oc4cccc(N5CN(c6ccccc6)c6ccccc65)c4)cc23)c1. The van der Waals surface area contributed by atoms with Crippen molar-refractivity contribution in [3.8, 4) is 22.1 Å². The average Bonchev–Trinajstić information content (AvgIpc) is 3.78. The second-order valence-electron chi connectivity index (χ2n) is 12.2. The van der Waals surface area contributed by atoms with Crippen molar-refractivity contribution in [2.24, 2.45) is 0 Å². The van der Waals surface area contributed by atoms with E-state index in [1.807, 2.05) is 12.3 Å². The summed E-state index contributed by atoms with van der Waals surface area (Å²) in [5.74, 6) is 0.821. The van der Waals surface area contributed by atoms with Crippen molar-refractivity contribution in [2.75, 3.05) is 16.5 Å². The number of fused-ring (bicyclic) bond motifs is 4. The third-order valence-electron chi connectivity index (χ3n) is 8.27. The Morgan fingerprint density at radius 3 is 2.27 bits per heavy atom. The molecule has 4 aromatic carbocycles. The fourth-order valence-electron chi connectivity index (χ4n) is 5.99.